The Morgan fingerprint density at radius 2 is 2.33 bits per heavy atom. The van der Waals surface area contributed by atoms with Gasteiger partial charge in [0.1, 0.15) is 10.0 Å². The molecule has 0 aromatic carbocycles. The highest BCUT2D eigenvalue weighted by molar-refractivity contribution is 7.11. The van der Waals surface area contributed by atoms with Gasteiger partial charge in [-0.25, -0.2) is 0 Å². The molecular formula is C8H13N3S. The van der Waals surface area contributed by atoms with E-state index in [2.05, 4.69) is 10.2 Å². The normalized spacial score (nSPS) is 19.5. The maximum atomic E-state index is 5.68. The molecule has 0 saturated heterocycles. The Bertz CT molecular complexity index is 265. The van der Waals surface area contributed by atoms with Crippen molar-refractivity contribution in [2.75, 3.05) is 0 Å². The van der Waals surface area contributed by atoms with Crippen molar-refractivity contribution in [1.82, 2.24) is 10.2 Å². The smallest absolute Gasteiger partial charge is 0.133 e. The van der Waals surface area contributed by atoms with Crippen LogP contribution in [0.15, 0.2) is 0 Å². The van der Waals surface area contributed by atoms with E-state index >= 15 is 0 Å². The number of rotatable bonds is 3. The molecule has 0 spiro atoms. The summed E-state index contributed by atoms with van der Waals surface area (Å²) in [6, 6.07) is 0.0375. The molecule has 1 aromatic rings. The van der Waals surface area contributed by atoms with Crippen molar-refractivity contribution < 1.29 is 0 Å². The van der Waals surface area contributed by atoms with Crippen molar-refractivity contribution >= 4 is 11.3 Å². The number of hydrogen-bond acceptors (Lipinski definition) is 4. The van der Waals surface area contributed by atoms with Crippen molar-refractivity contribution in [3.63, 3.8) is 0 Å². The number of nitrogens with zero attached hydrogens (tertiary/aromatic N) is 2. The van der Waals surface area contributed by atoms with Crippen LogP contribution in [0, 0.1) is 5.92 Å². The third-order valence-corrected chi connectivity index (χ3v) is 3.18. The predicted octanol–water partition coefficient (Wildman–Crippen LogP) is 1.51. The molecule has 0 amide bonds. The van der Waals surface area contributed by atoms with Gasteiger partial charge in [0.15, 0.2) is 0 Å². The summed E-state index contributed by atoms with van der Waals surface area (Å²) in [6.45, 7) is 1.95. The minimum atomic E-state index is 0.0375. The zero-order chi connectivity index (χ0) is 8.55. The van der Waals surface area contributed by atoms with Crippen molar-refractivity contribution in [2.45, 2.75) is 32.2 Å². The Labute approximate surface area is 76.0 Å². The Balaban J connectivity index is 2.02. The van der Waals surface area contributed by atoms with Gasteiger partial charge in [-0.3, -0.25) is 0 Å². The summed E-state index contributed by atoms with van der Waals surface area (Å²) < 4.78 is 0. The molecule has 0 aliphatic heterocycles. The zero-order valence-electron chi connectivity index (χ0n) is 7.16. The molecule has 3 nitrogen and oxygen atoms in total. The first kappa shape index (κ1) is 8.13. The maximum Gasteiger partial charge on any atom is 0.133 e. The second kappa shape index (κ2) is 3.11. The number of nitrogens with two attached hydrogens (primary N) is 1. The standard InChI is InChI=1S/C8H13N3S/c1-5(9)8-11-10-7(12-8)4-6-2-3-6/h5-6H,2-4,9H2,1H3. The lowest BCUT2D eigenvalue weighted by molar-refractivity contribution is 0.768. The van der Waals surface area contributed by atoms with Crippen LogP contribution in [-0.4, -0.2) is 10.2 Å². The summed E-state index contributed by atoms with van der Waals surface area (Å²) in [5, 5.41) is 10.3. The molecule has 1 atom stereocenters. The van der Waals surface area contributed by atoms with Gasteiger partial charge in [-0.1, -0.05) is 11.3 Å². The molecule has 1 heterocycles. The van der Waals surface area contributed by atoms with E-state index in [1.54, 1.807) is 11.3 Å². The van der Waals surface area contributed by atoms with E-state index in [4.69, 9.17) is 5.73 Å². The average molecular weight is 183 g/mol. The van der Waals surface area contributed by atoms with Crippen LogP contribution in [0.5, 0.6) is 0 Å². The van der Waals surface area contributed by atoms with Gasteiger partial charge in [0, 0.05) is 6.42 Å². The Morgan fingerprint density at radius 1 is 1.58 bits per heavy atom. The molecule has 66 valence electrons. The van der Waals surface area contributed by atoms with Crippen LogP contribution in [-0.2, 0) is 6.42 Å². The lowest BCUT2D eigenvalue weighted by Gasteiger charge is -1.94. The highest BCUT2D eigenvalue weighted by atomic mass is 32.1. The van der Waals surface area contributed by atoms with Crippen LogP contribution in [0.2, 0.25) is 0 Å². The predicted molar refractivity (Wildman–Crippen MR) is 48.9 cm³/mol. The molecule has 1 fully saturated rings. The van der Waals surface area contributed by atoms with Crippen molar-refractivity contribution in [3.05, 3.63) is 10.0 Å². The van der Waals surface area contributed by atoms with Gasteiger partial charge < -0.3 is 5.73 Å². The van der Waals surface area contributed by atoms with Gasteiger partial charge >= 0.3 is 0 Å². The molecule has 2 N–H and O–H groups in total. The van der Waals surface area contributed by atoms with E-state index in [0.717, 1.165) is 22.4 Å². The lowest BCUT2D eigenvalue weighted by atomic mass is 10.3. The second-order valence-electron chi connectivity index (χ2n) is 3.47. The van der Waals surface area contributed by atoms with E-state index < -0.39 is 0 Å². The van der Waals surface area contributed by atoms with Gasteiger partial charge in [-0.05, 0) is 25.7 Å². The zero-order valence-corrected chi connectivity index (χ0v) is 7.97. The molecule has 1 saturated carbocycles. The Hall–Kier alpha value is -0.480. The van der Waals surface area contributed by atoms with Gasteiger partial charge in [0.25, 0.3) is 0 Å². The van der Waals surface area contributed by atoms with Gasteiger partial charge in [0.05, 0.1) is 6.04 Å². The van der Waals surface area contributed by atoms with E-state index in [0.29, 0.717) is 0 Å². The highest BCUT2D eigenvalue weighted by Crippen LogP contribution is 2.33. The highest BCUT2D eigenvalue weighted by Gasteiger charge is 2.23. The first-order valence-corrected chi connectivity index (χ1v) is 5.15. The SMILES string of the molecule is CC(N)c1nnc(CC2CC2)s1. The molecule has 1 aliphatic carbocycles. The quantitative estimate of drug-likeness (QED) is 0.772. The molecule has 12 heavy (non-hydrogen) atoms. The van der Waals surface area contributed by atoms with E-state index in [1.807, 2.05) is 6.92 Å². The molecular weight excluding hydrogens is 170 g/mol. The number of hydrogen-bond donors (Lipinski definition) is 1. The second-order valence-corrected chi connectivity index (χ2v) is 4.56. The molecule has 0 bridgehead atoms. The maximum absolute atomic E-state index is 5.68. The molecule has 0 radical (unpaired) electrons. The molecule has 4 heteroatoms. The Morgan fingerprint density at radius 3 is 2.83 bits per heavy atom. The molecule has 1 unspecified atom stereocenters. The third kappa shape index (κ3) is 1.81. The van der Waals surface area contributed by atoms with Crippen molar-refractivity contribution in [3.8, 4) is 0 Å². The van der Waals surface area contributed by atoms with E-state index in [1.165, 1.54) is 12.8 Å². The van der Waals surface area contributed by atoms with Crippen molar-refractivity contribution in [2.24, 2.45) is 11.7 Å². The van der Waals surface area contributed by atoms with Crippen LogP contribution >= 0.6 is 11.3 Å². The fourth-order valence-corrected chi connectivity index (χ4v) is 2.01. The van der Waals surface area contributed by atoms with Gasteiger partial charge in [-0.2, -0.15) is 0 Å². The van der Waals surface area contributed by atoms with Crippen LogP contribution in [0.1, 0.15) is 35.8 Å². The summed E-state index contributed by atoms with van der Waals surface area (Å²) in [6.07, 6.45) is 3.85. The van der Waals surface area contributed by atoms with Crippen LogP contribution in [0.4, 0.5) is 0 Å². The monoisotopic (exact) mass is 183 g/mol. The average Bonchev–Trinajstić information content (AvgIpc) is 2.66. The topological polar surface area (TPSA) is 51.8 Å². The molecule has 2 rings (SSSR count). The molecule has 1 aliphatic rings. The third-order valence-electron chi connectivity index (χ3n) is 2.03. The van der Waals surface area contributed by atoms with Gasteiger partial charge in [-0.15, -0.1) is 10.2 Å². The summed E-state index contributed by atoms with van der Waals surface area (Å²) >= 11 is 1.66. The molecule has 1 aromatic heterocycles. The fourth-order valence-electron chi connectivity index (χ4n) is 1.10. The van der Waals surface area contributed by atoms with E-state index in [9.17, 15) is 0 Å². The summed E-state index contributed by atoms with van der Waals surface area (Å²) in [5.74, 6) is 0.888. The summed E-state index contributed by atoms with van der Waals surface area (Å²) in [5.41, 5.74) is 5.68. The minimum absolute atomic E-state index is 0.0375. The number of aromatic nitrogens is 2. The first-order chi connectivity index (χ1) is 5.75. The van der Waals surface area contributed by atoms with Gasteiger partial charge in [0.2, 0.25) is 0 Å². The van der Waals surface area contributed by atoms with Crippen molar-refractivity contribution in [1.29, 1.82) is 0 Å². The van der Waals surface area contributed by atoms with E-state index in [-0.39, 0.29) is 6.04 Å². The summed E-state index contributed by atoms with van der Waals surface area (Å²) in [4.78, 5) is 0. The largest absolute Gasteiger partial charge is 0.322 e. The van der Waals surface area contributed by atoms with Crippen LogP contribution in [0.25, 0.3) is 0 Å². The minimum Gasteiger partial charge on any atom is -0.322 e. The van der Waals surface area contributed by atoms with Crippen LogP contribution in [0.3, 0.4) is 0 Å². The Kier molecular flexibility index (Phi) is 2.11. The van der Waals surface area contributed by atoms with Crippen LogP contribution < -0.4 is 5.73 Å². The fraction of sp³-hybridized carbons (Fsp3) is 0.750. The first-order valence-electron chi connectivity index (χ1n) is 4.33. The lowest BCUT2D eigenvalue weighted by Crippen LogP contribution is -2.03. The summed E-state index contributed by atoms with van der Waals surface area (Å²) in [7, 11) is 0.